The van der Waals surface area contributed by atoms with Crippen LogP contribution in [0.1, 0.15) is 19.8 Å². The lowest BCUT2D eigenvalue weighted by atomic mass is 9.90. The van der Waals surface area contributed by atoms with Crippen molar-refractivity contribution in [1.29, 1.82) is 0 Å². The summed E-state index contributed by atoms with van der Waals surface area (Å²) in [6.07, 6.45) is 1.41. The van der Waals surface area contributed by atoms with E-state index < -0.39 is 12.0 Å². The Labute approximate surface area is 113 Å². The molecule has 2 N–H and O–H groups in total. The number of likely N-dealkylation sites (tertiary alicyclic amines) is 1. The first-order valence-electron chi connectivity index (χ1n) is 6.83. The first-order valence-corrected chi connectivity index (χ1v) is 6.83. The Morgan fingerprint density at radius 3 is 2.74 bits per heavy atom. The number of carboxylic acids is 1. The third-order valence-electron chi connectivity index (χ3n) is 4.20. The molecule has 0 aromatic heterocycles. The van der Waals surface area contributed by atoms with Crippen LogP contribution in [0.3, 0.4) is 0 Å². The maximum absolute atomic E-state index is 12.5. The molecule has 1 amide bonds. The smallest absolute Gasteiger partial charge is 0.326 e. The van der Waals surface area contributed by atoms with Crippen LogP contribution in [0.5, 0.6) is 0 Å². The van der Waals surface area contributed by atoms with Gasteiger partial charge in [-0.1, -0.05) is 6.92 Å². The van der Waals surface area contributed by atoms with Crippen LogP contribution in [-0.2, 0) is 14.3 Å². The quantitative estimate of drug-likeness (QED) is 0.750. The van der Waals surface area contributed by atoms with Gasteiger partial charge in [0, 0.05) is 12.6 Å². The third-order valence-corrected chi connectivity index (χ3v) is 4.20. The predicted octanol–water partition coefficient (Wildman–Crippen LogP) is -0.0675. The van der Waals surface area contributed by atoms with Crippen molar-refractivity contribution in [2.24, 2.45) is 11.8 Å². The molecule has 2 fully saturated rings. The normalized spacial score (nSPS) is 35.4. The van der Waals surface area contributed by atoms with Crippen molar-refractivity contribution in [3.05, 3.63) is 0 Å². The van der Waals surface area contributed by atoms with Crippen molar-refractivity contribution < 1.29 is 19.4 Å². The van der Waals surface area contributed by atoms with E-state index in [1.807, 2.05) is 6.92 Å². The SMILES string of the molecule is CNC1COCC1C(=O)N1CCC(C)CC1C(=O)O. The molecular formula is C13H22N2O4. The van der Waals surface area contributed by atoms with E-state index in [2.05, 4.69) is 5.32 Å². The van der Waals surface area contributed by atoms with Crippen LogP contribution in [0.25, 0.3) is 0 Å². The molecule has 0 saturated carbocycles. The number of carbonyl (C=O) groups excluding carboxylic acids is 1. The molecular weight excluding hydrogens is 248 g/mol. The second-order valence-corrected chi connectivity index (χ2v) is 5.55. The second-order valence-electron chi connectivity index (χ2n) is 5.55. The van der Waals surface area contributed by atoms with Crippen molar-refractivity contribution in [2.75, 3.05) is 26.8 Å². The summed E-state index contributed by atoms with van der Waals surface area (Å²) in [5.74, 6) is -0.902. The molecule has 4 atom stereocenters. The van der Waals surface area contributed by atoms with Crippen LogP contribution in [0.15, 0.2) is 0 Å². The van der Waals surface area contributed by atoms with Crippen LogP contribution in [0.4, 0.5) is 0 Å². The molecule has 2 heterocycles. The number of nitrogens with one attached hydrogen (secondary N) is 1. The van der Waals surface area contributed by atoms with Gasteiger partial charge in [0.15, 0.2) is 0 Å². The van der Waals surface area contributed by atoms with Crippen LogP contribution in [-0.4, -0.2) is 60.8 Å². The lowest BCUT2D eigenvalue weighted by Crippen LogP contribution is -2.54. The van der Waals surface area contributed by atoms with Crippen LogP contribution in [0, 0.1) is 11.8 Å². The van der Waals surface area contributed by atoms with Crippen LogP contribution in [0.2, 0.25) is 0 Å². The molecule has 4 unspecified atom stereocenters. The Hall–Kier alpha value is -1.14. The first kappa shape index (κ1) is 14.3. The van der Waals surface area contributed by atoms with E-state index in [0.717, 1.165) is 6.42 Å². The van der Waals surface area contributed by atoms with Gasteiger partial charge in [0.25, 0.3) is 0 Å². The number of hydrogen-bond acceptors (Lipinski definition) is 4. The number of carbonyl (C=O) groups is 2. The van der Waals surface area contributed by atoms with Gasteiger partial charge >= 0.3 is 5.97 Å². The Morgan fingerprint density at radius 2 is 2.11 bits per heavy atom. The topological polar surface area (TPSA) is 78.9 Å². The molecule has 108 valence electrons. The highest BCUT2D eigenvalue weighted by Crippen LogP contribution is 2.26. The van der Waals surface area contributed by atoms with Gasteiger partial charge in [0.05, 0.1) is 19.1 Å². The Kier molecular flexibility index (Phi) is 4.42. The van der Waals surface area contributed by atoms with E-state index in [1.165, 1.54) is 4.90 Å². The largest absolute Gasteiger partial charge is 0.480 e. The van der Waals surface area contributed by atoms with Crippen LogP contribution >= 0.6 is 0 Å². The van der Waals surface area contributed by atoms with Crippen molar-refractivity contribution in [2.45, 2.75) is 31.8 Å². The van der Waals surface area contributed by atoms with Gasteiger partial charge in [-0.25, -0.2) is 4.79 Å². The van der Waals surface area contributed by atoms with Gasteiger partial charge in [0.1, 0.15) is 6.04 Å². The summed E-state index contributed by atoms with van der Waals surface area (Å²) in [6, 6.07) is -0.698. The Bertz CT molecular complexity index is 361. The van der Waals surface area contributed by atoms with Gasteiger partial charge in [0.2, 0.25) is 5.91 Å². The minimum absolute atomic E-state index is 0.0127. The molecule has 2 rings (SSSR count). The number of hydrogen-bond donors (Lipinski definition) is 2. The predicted molar refractivity (Wildman–Crippen MR) is 68.7 cm³/mol. The summed E-state index contributed by atoms with van der Waals surface area (Å²) in [4.78, 5) is 25.4. The molecule has 0 spiro atoms. The molecule has 0 aliphatic carbocycles. The number of carboxylic acid groups (broad SMARTS) is 1. The zero-order valence-corrected chi connectivity index (χ0v) is 11.5. The highest BCUT2D eigenvalue weighted by atomic mass is 16.5. The van der Waals surface area contributed by atoms with Crippen molar-refractivity contribution >= 4 is 11.9 Å². The molecule has 2 aliphatic heterocycles. The summed E-state index contributed by atoms with van der Waals surface area (Å²) in [6.45, 7) is 3.45. The van der Waals surface area contributed by atoms with E-state index in [1.54, 1.807) is 7.05 Å². The Morgan fingerprint density at radius 1 is 1.37 bits per heavy atom. The molecule has 19 heavy (non-hydrogen) atoms. The number of aliphatic carboxylic acids is 1. The summed E-state index contributed by atoms with van der Waals surface area (Å²) < 4.78 is 5.33. The van der Waals surface area contributed by atoms with E-state index in [-0.39, 0.29) is 17.9 Å². The third kappa shape index (κ3) is 2.90. The van der Waals surface area contributed by atoms with Crippen molar-refractivity contribution in [3.8, 4) is 0 Å². The molecule has 2 saturated heterocycles. The zero-order valence-electron chi connectivity index (χ0n) is 11.5. The molecule has 0 aromatic carbocycles. The van der Waals surface area contributed by atoms with E-state index in [9.17, 15) is 14.7 Å². The van der Waals surface area contributed by atoms with Gasteiger partial charge in [-0.15, -0.1) is 0 Å². The number of ether oxygens (including phenoxy) is 1. The van der Waals surface area contributed by atoms with Crippen molar-refractivity contribution in [1.82, 2.24) is 10.2 Å². The number of rotatable bonds is 3. The molecule has 0 bridgehead atoms. The first-order chi connectivity index (χ1) is 9.04. The second kappa shape index (κ2) is 5.88. The van der Waals surface area contributed by atoms with Crippen LogP contribution < -0.4 is 5.32 Å². The molecule has 0 aromatic rings. The standard InChI is InChI=1S/C13H22N2O4/c1-8-3-4-15(11(5-8)13(17)18)12(16)9-6-19-7-10(9)14-2/h8-11,14H,3-7H2,1-2H3,(H,17,18). The number of piperidine rings is 1. The molecule has 6 heteroatoms. The fraction of sp³-hybridized carbons (Fsp3) is 0.846. The number of likely N-dealkylation sites (N-methyl/N-ethyl adjacent to an activating group) is 1. The van der Waals surface area contributed by atoms with Gasteiger partial charge in [-0.05, 0) is 25.8 Å². The average Bonchev–Trinajstić information content (AvgIpc) is 2.86. The Balaban J connectivity index is 2.10. The molecule has 2 aliphatic rings. The maximum atomic E-state index is 12.5. The van der Waals surface area contributed by atoms with E-state index in [4.69, 9.17) is 4.74 Å². The number of nitrogens with zero attached hydrogens (tertiary/aromatic N) is 1. The lowest BCUT2D eigenvalue weighted by molar-refractivity contribution is -0.155. The number of amides is 1. The molecule has 6 nitrogen and oxygen atoms in total. The fourth-order valence-electron chi connectivity index (χ4n) is 2.93. The molecule has 0 radical (unpaired) electrons. The summed E-state index contributed by atoms with van der Waals surface area (Å²) in [5, 5.41) is 12.4. The van der Waals surface area contributed by atoms with Gasteiger partial charge < -0.3 is 20.1 Å². The minimum Gasteiger partial charge on any atom is -0.480 e. The average molecular weight is 270 g/mol. The van der Waals surface area contributed by atoms with Crippen molar-refractivity contribution in [3.63, 3.8) is 0 Å². The van der Waals surface area contributed by atoms with E-state index in [0.29, 0.717) is 32.1 Å². The summed E-state index contributed by atoms with van der Waals surface area (Å²) >= 11 is 0. The summed E-state index contributed by atoms with van der Waals surface area (Å²) in [5.41, 5.74) is 0. The zero-order chi connectivity index (χ0) is 14.0. The van der Waals surface area contributed by atoms with E-state index >= 15 is 0 Å². The van der Waals surface area contributed by atoms with Gasteiger partial charge in [-0.3, -0.25) is 4.79 Å². The minimum atomic E-state index is -0.903. The highest BCUT2D eigenvalue weighted by Gasteiger charge is 2.41. The lowest BCUT2D eigenvalue weighted by Gasteiger charge is -2.37. The summed E-state index contributed by atoms with van der Waals surface area (Å²) in [7, 11) is 1.80. The fourth-order valence-corrected chi connectivity index (χ4v) is 2.93. The highest BCUT2D eigenvalue weighted by molar-refractivity contribution is 5.86. The van der Waals surface area contributed by atoms with Gasteiger partial charge in [-0.2, -0.15) is 0 Å². The monoisotopic (exact) mass is 270 g/mol. The maximum Gasteiger partial charge on any atom is 0.326 e.